The quantitative estimate of drug-likeness (QED) is 0.123. The van der Waals surface area contributed by atoms with E-state index >= 15 is 0 Å². The maximum absolute atomic E-state index is 13.4. The van der Waals surface area contributed by atoms with Crippen LogP contribution in [0.15, 0.2) is 118 Å². The van der Waals surface area contributed by atoms with Gasteiger partial charge in [0, 0.05) is 26.3 Å². The van der Waals surface area contributed by atoms with Crippen molar-refractivity contribution in [2.45, 2.75) is 11.8 Å². The zero-order valence-electron chi connectivity index (χ0n) is 22.2. The van der Waals surface area contributed by atoms with Gasteiger partial charge >= 0.3 is 0 Å². The van der Waals surface area contributed by atoms with Crippen LogP contribution < -0.4 is 20.7 Å². The predicted molar refractivity (Wildman–Crippen MR) is 168 cm³/mol. The van der Waals surface area contributed by atoms with Gasteiger partial charge in [0.1, 0.15) is 11.4 Å². The molecule has 0 heterocycles. The van der Waals surface area contributed by atoms with E-state index < -0.39 is 11.8 Å². The molecule has 0 aromatic heterocycles. The lowest BCUT2D eigenvalue weighted by atomic mass is 10.1. The lowest BCUT2D eigenvalue weighted by Gasteiger charge is -2.12. The highest BCUT2D eigenvalue weighted by atomic mass is 79.9. The molecule has 0 spiro atoms. The van der Waals surface area contributed by atoms with Gasteiger partial charge in [-0.3, -0.25) is 14.4 Å². The van der Waals surface area contributed by atoms with Crippen LogP contribution in [0.5, 0.6) is 5.75 Å². The largest absolute Gasteiger partial charge is 0.494 e. The molecule has 0 unspecified atom stereocenters. The second-order valence-corrected chi connectivity index (χ2v) is 10.7. The first-order chi connectivity index (χ1) is 19.9. The molecule has 0 saturated carbocycles. The Morgan fingerprint density at radius 2 is 1.56 bits per heavy atom. The molecule has 0 bridgehead atoms. The highest BCUT2D eigenvalue weighted by Crippen LogP contribution is 2.23. The fourth-order valence-electron chi connectivity index (χ4n) is 3.68. The van der Waals surface area contributed by atoms with Gasteiger partial charge in [-0.15, -0.1) is 11.8 Å². The molecule has 0 radical (unpaired) electrons. The van der Waals surface area contributed by atoms with Crippen LogP contribution in [0.2, 0.25) is 0 Å². The van der Waals surface area contributed by atoms with Crippen LogP contribution in [0.4, 0.5) is 11.4 Å². The van der Waals surface area contributed by atoms with Crippen molar-refractivity contribution < 1.29 is 19.1 Å². The van der Waals surface area contributed by atoms with Gasteiger partial charge in [0.25, 0.3) is 11.8 Å². The van der Waals surface area contributed by atoms with Crippen molar-refractivity contribution in [3.05, 3.63) is 124 Å². The fourth-order valence-corrected chi connectivity index (χ4v) is 4.70. The van der Waals surface area contributed by atoms with Crippen LogP contribution >= 0.6 is 27.7 Å². The standard InChI is InChI=1S/C32H28BrN3O4S/c1-2-40-27-17-11-22(12-18-27)19-29(36-31(38)23-7-4-3-5-8-23)32(39)35-26-9-6-10-28(20-26)41-21-30(37)34-25-15-13-24(33)14-16-25/h3-20H,2,21H2,1H3,(H,34,37)(H,35,39)(H,36,38)/b29-19+. The SMILES string of the molecule is CCOc1ccc(/C=C(/NC(=O)c2ccccc2)C(=O)Nc2cccc(SCC(=O)Nc3ccc(Br)cc3)c2)cc1. The summed E-state index contributed by atoms with van der Waals surface area (Å²) in [4.78, 5) is 39.5. The Morgan fingerprint density at radius 3 is 2.27 bits per heavy atom. The predicted octanol–water partition coefficient (Wildman–Crippen LogP) is 6.99. The zero-order chi connectivity index (χ0) is 29.0. The van der Waals surface area contributed by atoms with Crippen molar-refractivity contribution in [2.24, 2.45) is 0 Å². The Labute approximate surface area is 251 Å². The monoisotopic (exact) mass is 629 g/mol. The summed E-state index contributed by atoms with van der Waals surface area (Å²) in [6, 6.07) is 30.4. The molecule has 0 saturated heterocycles. The normalized spacial score (nSPS) is 10.9. The van der Waals surface area contributed by atoms with Crippen molar-refractivity contribution in [1.29, 1.82) is 0 Å². The third kappa shape index (κ3) is 9.37. The number of rotatable bonds is 11. The number of carbonyl (C=O) groups is 3. The Balaban J connectivity index is 1.45. The lowest BCUT2D eigenvalue weighted by Crippen LogP contribution is -2.30. The van der Waals surface area contributed by atoms with Crippen LogP contribution in [0.1, 0.15) is 22.8 Å². The molecule has 41 heavy (non-hydrogen) atoms. The highest BCUT2D eigenvalue weighted by molar-refractivity contribution is 9.10. The molecular formula is C32H28BrN3O4S. The summed E-state index contributed by atoms with van der Waals surface area (Å²) in [6.07, 6.45) is 1.61. The molecule has 7 nitrogen and oxygen atoms in total. The maximum Gasteiger partial charge on any atom is 0.272 e. The van der Waals surface area contributed by atoms with Crippen LogP contribution in [-0.2, 0) is 9.59 Å². The molecule has 4 rings (SSSR count). The first kappa shape index (κ1) is 29.6. The van der Waals surface area contributed by atoms with E-state index in [2.05, 4.69) is 31.9 Å². The average molecular weight is 631 g/mol. The first-order valence-electron chi connectivity index (χ1n) is 12.8. The summed E-state index contributed by atoms with van der Waals surface area (Å²) in [5.74, 6) is -0.124. The number of benzene rings is 4. The molecule has 0 fully saturated rings. The zero-order valence-corrected chi connectivity index (χ0v) is 24.6. The molecule has 4 aromatic carbocycles. The molecule has 0 atom stereocenters. The van der Waals surface area contributed by atoms with Crippen LogP contribution in [0.25, 0.3) is 6.08 Å². The van der Waals surface area contributed by atoms with E-state index in [0.29, 0.717) is 34.9 Å². The molecule has 3 N–H and O–H groups in total. The number of ether oxygens (including phenoxy) is 1. The Bertz CT molecular complexity index is 1530. The van der Waals surface area contributed by atoms with Gasteiger partial charge in [-0.25, -0.2) is 0 Å². The molecule has 0 aliphatic carbocycles. The molecule has 3 amide bonds. The van der Waals surface area contributed by atoms with Crippen molar-refractivity contribution in [3.63, 3.8) is 0 Å². The highest BCUT2D eigenvalue weighted by Gasteiger charge is 2.15. The molecule has 208 valence electrons. The summed E-state index contributed by atoms with van der Waals surface area (Å²) >= 11 is 4.72. The van der Waals surface area contributed by atoms with Crippen LogP contribution in [-0.4, -0.2) is 30.1 Å². The third-order valence-electron chi connectivity index (χ3n) is 5.62. The van der Waals surface area contributed by atoms with Crippen LogP contribution in [0, 0.1) is 0 Å². The number of hydrogen-bond donors (Lipinski definition) is 3. The summed E-state index contributed by atoms with van der Waals surface area (Å²) in [5, 5.41) is 8.46. The van der Waals surface area contributed by atoms with Crippen molar-refractivity contribution in [2.75, 3.05) is 23.0 Å². The molecule has 0 aliphatic rings. The minimum absolute atomic E-state index is 0.0787. The van der Waals surface area contributed by atoms with Crippen molar-refractivity contribution in [1.82, 2.24) is 5.32 Å². The molecule has 9 heteroatoms. The summed E-state index contributed by atoms with van der Waals surface area (Å²) in [7, 11) is 0. The number of halogens is 1. The van der Waals surface area contributed by atoms with Gasteiger partial charge in [0.2, 0.25) is 5.91 Å². The lowest BCUT2D eigenvalue weighted by molar-refractivity contribution is -0.114. The van der Waals surface area contributed by atoms with Gasteiger partial charge < -0.3 is 20.7 Å². The van der Waals surface area contributed by atoms with Gasteiger partial charge in [0.05, 0.1) is 12.4 Å². The summed E-state index contributed by atoms with van der Waals surface area (Å²) in [6.45, 7) is 2.45. The van der Waals surface area contributed by atoms with Gasteiger partial charge in [-0.1, -0.05) is 52.3 Å². The van der Waals surface area contributed by atoms with Crippen molar-refractivity contribution >= 4 is 62.9 Å². The minimum Gasteiger partial charge on any atom is -0.494 e. The third-order valence-corrected chi connectivity index (χ3v) is 7.14. The Hall–Kier alpha value is -4.34. The Kier molecular flexibility index (Phi) is 10.8. The van der Waals surface area contributed by atoms with E-state index in [1.54, 1.807) is 60.7 Å². The van der Waals surface area contributed by atoms with E-state index in [9.17, 15) is 14.4 Å². The smallest absolute Gasteiger partial charge is 0.272 e. The van der Waals surface area contributed by atoms with E-state index in [1.165, 1.54) is 11.8 Å². The molecule has 4 aromatic rings. The maximum atomic E-state index is 13.4. The molecular weight excluding hydrogens is 602 g/mol. The number of anilines is 2. The first-order valence-corrected chi connectivity index (χ1v) is 14.6. The number of carbonyl (C=O) groups excluding carboxylic acids is 3. The molecule has 0 aliphatic heterocycles. The summed E-state index contributed by atoms with van der Waals surface area (Å²) in [5.41, 5.74) is 2.46. The minimum atomic E-state index is -0.488. The van der Waals surface area contributed by atoms with E-state index in [-0.39, 0.29) is 17.4 Å². The second-order valence-electron chi connectivity index (χ2n) is 8.71. The number of thioether (sulfide) groups is 1. The number of nitrogens with one attached hydrogen (secondary N) is 3. The van der Waals surface area contributed by atoms with Crippen LogP contribution in [0.3, 0.4) is 0 Å². The number of hydrogen-bond acceptors (Lipinski definition) is 5. The van der Waals surface area contributed by atoms with Gasteiger partial charge in [-0.05, 0) is 85.3 Å². The van der Waals surface area contributed by atoms with E-state index in [4.69, 9.17) is 4.74 Å². The average Bonchev–Trinajstić information content (AvgIpc) is 2.98. The number of amides is 3. The van der Waals surface area contributed by atoms with Gasteiger partial charge in [-0.2, -0.15) is 0 Å². The van der Waals surface area contributed by atoms with E-state index in [1.807, 2.05) is 55.5 Å². The topological polar surface area (TPSA) is 96.5 Å². The summed E-state index contributed by atoms with van der Waals surface area (Å²) < 4.78 is 6.43. The Morgan fingerprint density at radius 1 is 0.829 bits per heavy atom. The van der Waals surface area contributed by atoms with Gasteiger partial charge in [0.15, 0.2) is 0 Å². The van der Waals surface area contributed by atoms with Crippen molar-refractivity contribution in [3.8, 4) is 5.75 Å². The fraction of sp³-hybridized carbons (Fsp3) is 0.0938. The van der Waals surface area contributed by atoms with E-state index in [0.717, 1.165) is 9.37 Å². The second kappa shape index (κ2) is 14.9.